The summed E-state index contributed by atoms with van der Waals surface area (Å²) < 4.78 is 19.3. The highest BCUT2D eigenvalue weighted by Crippen LogP contribution is 2.28. The zero-order valence-electron chi connectivity index (χ0n) is 14.8. The molecule has 136 valence electrons. The van der Waals surface area contributed by atoms with E-state index in [1.165, 1.54) is 5.69 Å². The van der Waals surface area contributed by atoms with Gasteiger partial charge in [0.15, 0.2) is 0 Å². The second-order valence-electron chi connectivity index (χ2n) is 6.27. The first-order valence-corrected chi connectivity index (χ1v) is 8.85. The molecule has 0 spiro atoms. The Morgan fingerprint density at radius 1 is 1.12 bits per heavy atom. The SMILES string of the molecule is COc1ccccc1N1CCN(CCCc2cn(CCF)nn2)CC1. The molecular weight excluding hydrogens is 321 g/mol. The lowest BCUT2D eigenvalue weighted by molar-refractivity contribution is 0.254. The minimum Gasteiger partial charge on any atom is -0.495 e. The summed E-state index contributed by atoms with van der Waals surface area (Å²) >= 11 is 0. The van der Waals surface area contributed by atoms with Crippen molar-refractivity contribution < 1.29 is 9.13 Å². The fraction of sp³-hybridized carbons (Fsp3) is 0.556. The summed E-state index contributed by atoms with van der Waals surface area (Å²) in [6, 6.07) is 8.19. The molecule has 1 aromatic heterocycles. The number of piperazine rings is 1. The van der Waals surface area contributed by atoms with E-state index in [2.05, 4.69) is 32.2 Å². The van der Waals surface area contributed by atoms with Crippen molar-refractivity contribution >= 4 is 5.69 Å². The first-order valence-electron chi connectivity index (χ1n) is 8.85. The van der Waals surface area contributed by atoms with E-state index in [9.17, 15) is 4.39 Å². The maximum absolute atomic E-state index is 12.3. The Labute approximate surface area is 148 Å². The van der Waals surface area contributed by atoms with Crippen molar-refractivity contribution in [2.45, 2.75) is 19.4 Å². The number of halogens is 1. The van der Waals surface area contributed by atoms with Crippen LogP contribution in [0.4, 0.5) is 10.1 Å². The van der Waals surface area contributed by atoms with Gasteiger partial charge in [0, 0.05) is 32.4 Å². The number of para-hydroxylation sites is 2. The largest absolute Gasteiger partial charge is 0.495 e. The molecule has 0 aliphatic carbocycles. The van der Waals surface area contributed by atoms with E-state index in [0.717, 1.165) is 57.0 Å². The number of benzene rings is 1. The average molecular weight is 347 g/mol. The van der Waals surface area contributed by atoms with Gasteiger partial charge in [0.1, 0.15) is 12.4 Å². The highest BCUT2D eigenvalue weighted by molar-refractivity contribution is 5.58. The Bertz CT molecular complexity index is 654. The lowest BCUT2D eigenvalue weighted by atomic mass is 10.2. The highest BCUT2D eigenvalue weighted by atomic mass is 19.1. The summed E-state index contributed by atoms with van der Waals surface area (Å²) in [7, 11) is 1.72. The molecule has 0 amide bonds. The Balaban J connectivity index is 1.42. The van der Waals surface area contributed by atoms with Crippen LogP contribution in [0.15, 0.2) is 30.5 Å². The van der Waals surface area contributed by atoms with Crippen LogP contribution in [0.1, 0.15) is 12.1 Å². The molecule has 1 aromatic carbocycles. The summed E-state index contributed by atoms with van der Waals surface area (Å²) in [5.74, 6) is 0.937. The van der Waals surface area contributed by atoms with Crippen molar-refractivity contribution in [3.8, 4) is 5.75 Å². The standard InChI is InChI=1S/C18H26FN5O/c1-25-18-7-3-2-6-17(18)23-13-11-22(12-14-23)9-4-5-16-15-24(10-8-19)21-20-16/h2-3,6-7,15H,4-5,8-14H2,1H3. The number of methoxy groups -OCH3 is 1. The Hall–Kier alpha value is -2.15. The second-order valence-corrected chi connectivity index (χ2v) is 6.27. The fourth-order valence-electron chi connectivity index (χ4n) is 3.24. The van der Waals surface area contributed by atoms with Crippen molar-refractivity contribution in [3.05, 3.63) is 36.2 Å². The number of rotatable bonds is 8. The predicted molar refractivity (Wildman–Crippen MR) is 96.0 cm³/mol. The molecule has 1 saturated heterocycles. The van der Waals surface area contributed by atoms with Gasteiger partial charge in [-0.15, -0.1) is 5.10 Å². The number of ether oxygens (including phenoxy) is 1. The molecule has 2 aromatic rings. The van der Waals surface area contributed by atoms with Crippen LogP contribution in [0.25, 0.3) is 0 Å². The molecule has 0 unspecified atom stereocenters. The number of hydrogen-bond donors (Lipinski definition) is 0. The van der Waals surface area contributed by atoms with Crippen LogP contribution in [0.2, 0.25) is 0 Å². The van der Waals surface area contributed by atoms with Gasteiger partial charge in [-0.2, -0.15) is 0 Å². The van der Waals surface area contributed by atoms with E-state index in [1.54, 1.807) is 11.8 Å². The van der Waals surface area contributed by atoms with Gasteiger partial charge in [-0.3, -0.25) is 4.90 Å². The lowest BCUT2D eigenvalue weighted by Gasteiger charge is -2.36. The fourth-order valence-corrected chi connectivity index (χ4v) is 3.24. The second kappa shape index (κ2) is 8.80. The molecule has 1 aliphatic heterocycles. The normalized spacial score (nSPS) is 15.5. The topological polar surface area (TPSA) is 46.4 Å². The monoisotopic (exact) mass is 347 g/mol. The number of anilines is 1. The van der Waals surface area contributed by atoms with Gasteiger partial charge >= 0.3 is 0 Å². The molecule has 7 heteroatoms. The quantitative estimate of drug-likeness (QED) is 0.731. The van der Waals surface area contributed by atoms with Crippen LogP contribution < -0.4 is 9.64 Å². The highest BCUT2D eigenvalue weighted by Gasteiger charge is 2.19. The van der Waals surface area contributed by atoms with Crippen molar-refractivity contribution in [2.24, 2.45) is 0 Å². The lowest BCUT2D eigenvalue weighted by Crippen LogP contribution is -2.46. The molecule has 1 aliphatic rings. The van der Waals surface area contributed by atoms with E-state index < -0.39 is 6.67 Å². The van der Waals surface area contributed by atoms with Gasteiger partial charge < -0.3 is 9.64 Å². The molecule has 0 bridgehead atoms. The zero-order chi connectivity index (χ0) is 17.5. The van der Waals surface area contributed by atoms with Crippen molar-refractivity contribution in [1.82, 2.24) is 19.9 Å². The van der Waals surface area contributed by atoms with E-state index in [4.69, 9.17) is 4.74 Å². The molecule has 6 nitrogen and oxygen atoms in total. The zero-order valence-corrected chi connectivity index (χ0v) is 14.8. The maximum atomic E-state index is 12.3. The van der Waals surface area contributed by atoms with Gasteiger partial charge in [-0.25, -0.2) is 9.07 Å². The number of aryl methyl sites for hydroxylation is 2. The molecule has 0 N–H and O–H groups in total. The molecule has 2 heterocycles. The molecule has 1 fully saturated rings. The smallest absolute Gasteiger partial charge is 0.142 e. The summed E-state index contributed by atoms with van der Waals surface area (Å²) in [4.78, 5) is 4.87. The van der Waals surface area contributed by atoms with E-state index in [-0.39, 0.29) is 6.54 Å². The van der Waals surface area contributed by atoms with Crippen LogP contribution in [-0.2, 0) is 13.0 Å². The van der Waals surface area contributed by atoms with Crippen LogP contribution >= 0.6 is 0 Å². The van der Waals surface area contributed by atoms with Crippen molar-refractivity contribution in [1.29, 1.82) is 0 Å². The molecule has 0 atom stereocenters. The third kappa shape index (κ3) is 4.69. The molecule has 3 rings (SSSR count). The summed E-state index contributed by atoms with van der Waals surface area (Å²) in [6.45, 7) is 5.05. The predicted octanol–water partition coefficient (Wildman–Crippen LogP) is 2.01. The van der Waals surface area contributed by atoms with Crippen LogP contribution in [0.3, 0.4) is 0 Å². The van der Waals surface area contributed by atoms with E-state index >= 15 is 0 Å². The van der Waals surface area contributed by atoms with Crippen LogP contribution in [-0.4, -0.2) is 66.4 Å². The minimum absolute atomic E-state index is 0.290. The Kier molecular flexibility index (Phi) is 6.22. The van der Waals surface area contributed by atoms with Gasteiger partial charge in [-0.1, -0.05) is 17.3 Å². The summed E-state index contributed by atoms with van der Waals surface area (Å²) in [5, 5.41) is 8.02. The number of hydrogen-bond acceptors (Lipinski definition) is 5. The van der Waals surface area contributed by atoms with Crippen molar-refractivity contribution in [3.63, 3.8) is 0 Å². The molecule has 0 saturated carbocycles. The average Bonchev–Trinajstić information content (AvgIpc) is 3.10. The third-order valence-electron chi connectivity index (χ3n) is 4.61. The van der Waals surface area contributed by atoms with Gasteiger partial charge in [0.05, 0.1) is 25.0 Å². The Morgan fingerprint density at radius 3 is 2.68 bits per heavy atom. The first-order chi connectivity index (χ1) is 12.3. The summed E-state index contributed by atoms with van der Waals surface area (Å²) in [5.41, 5.74) is 2.12. The third-order valence-corrected chi connectivity index (χ3v) is 4.61. The molecule has 25 heavy (non-hydrogen) atoms. The minimum atomic E-state index is -0.403. The van der Waals surface area contributed by atoms with Gasteiger partial charge in [0.25, 0.3) is 0 Å². The summed E-state index contributed by atoms with van der Waals surface area (Å²) in [6.07, 6.45) is 3.78. The van der Waals surface area contributed by atoms with Crippen LogP contribution in [0.5, 0.6) is 5.75 Å². The maximum Gasteiger partial charge on any atom is 0.142 e. The van der Waals surface area contributed by atoms with Crippen molar-refractivity contribution in [2.75, 3.05) is 51.4 Å². The van der Waals surface area contributed by atoms with E-state index in [1.807, 2.05) is 18.3 Å². The number of alkyl halides is 1. The molecular formula is C18H26FN5O. The van der Waals surface area contributed by atoms with Gasteiger partial charge in [-0.05, 0) is 31.5 Å². The Morgan fingerprint density at radius 2 is 1.92 bits per heavy atom. The van der Waals surface area contributed by atoms with Gasteiger partial charge in [0.2, 0.25) is 0 Å². The van der Waals surface area contributed by atoms with E-state index in [0.29, 0.717) is 0 Å². The first kappa shape index (κ1) is 17.7. The van der Waals surface area contributed by atoms with Crippen LogP contribution in [0, 0.1) is 0 Å². The number of nitrogens with zero attached hydrogens (tertiary/aromatic N) is 5. The molecule has 0 radical (unpaired) electrons. The number of aromatic nitrogens is 3.